The van der Waals surface area contributed by atoms with Crippen molar-refractivity contribution >= 4 is 17.8 Å². The summed E-state index contributed by atoms with van der Waals surface area (Å²) in [7, 11) is 0. The normalized spacial score (nSPS) is 25.6. The Morgan fingerprint density at radius 3 is 2.38 bits per heavy atom. The average Bonchev–Trinajstić information content (AvgIpc) is 3.01. The van der Waals surface area contributed by atoms with Crippen LogP contribution in [0.15, 0.2) is 0 Å². The van der Waals surface area contributed by atoms with Crippen LogP contribution in [0.4, 0.5) is 0 Å². The first-order valence-electron chi connectivity index (χ1n) is 7.86. The molecule has 0 radical (unpaired) electrons. The highest BCUT2D eigenvalue weighted by Gasteiger charge is 2.30. The van der Waals surface area contributed by atoms with E-state index in [4.69, 9.17) is 5.11 Å². The van der Waals surface area contributed by atoms with E-state index in [0.717, 1.165) is 38.8 Å². The van der Waals surface area contributed by atoms with Crippen LogP contribution in [0, 0.1) is 11.8 Å². The molecule has 1 aliphatic heterocycles. The molecular weight excluding hydrogens is 272 g/mol. The van der Waals surface area contributed by atoms with Gasteiger partial charge in [0.2, 0.25) is 11.8 Å². The fourth-order valence-electron chi connectivity index (χ4n) is 3.21. The Morgan fingerprint density at radius 2 is 1.71 bits per heavy atom. The molecule has 1 saturated heterocycles. The molecule has 2 rings (SSSR count). The molecule has 0 aromatic heterocycles. The Kier molecular flexibility index (Phi) is 5.59. The van der Waals surface area contributed by atoms with Gasteiger partial charge in [-0.1, -0.05) is 6.42 Å². The van der Waals surface area contributed by atoms with Gasteiger partial charge in [0.1, 0.15) is 0 Å². The van der Waals surface area contributed by atoms with E-state index in [0.29, 0.717) is 25.8 Å². The Morgan fingerprint density at radius 1 is 1.05 bits per heavy atom. The number of nitrogens with one attached hydrogen (secondary N) is 1. The van der Waals surface area contributed by atoms with E-state index < -0.39 is 11.9 Å². The van der Waals surface area contributed by atoms with Gasteiger partial charge in [-0.25, -0.2) is 0 Å². The topological polar surface area (TPSA) is 86.7 Å². The van der Waals surface area contributed by atoms with E-state index in [1.807, 2.05) is 4.90 Å². The lowest BCUT2D eigenvalue weighted by Crippen LogP contribution is -2.37. The molecule has 2 aliphatic rings. The Hall–Kier alpha value is -1.59. The van der Waals surface area contributed by atoms with E-state index in [1.165, 1.54) is 0 Å². The highest BCUT2D eigenvalue weighted by Crippen LogP contribution is 2.29. The molecule has 1 heterocycles. The number of likely N-dealkylation sites (tertiary alicyclic amines) is 1. The molecule has 0 aromatic carbocycles. The maximum atomic E-state index is 12.0. The lowest BCUT2D eigenvalue weighted by atomic mass is 9.81. The van der Waals surface area contributed by atoms with Crippen LogP contribution in [0.1, 0.15) is 44.9 Å². The van der Waals surface area contributed by atoms with Gasteiger partial charge < -0.3 is 15.3 Å². The summed E-state index contributed by atoms with van der Waals surface area (Å²) in [5, 5.41) is 11.8. The van der Waals surface area contributed by atoms with Crippen LogP contribution < -0.4 is 5.32 Å². The van der Waals surface area contributed by atoms with Crippen molar-refractivity contribution in [2.24, 2.45) is 11.8 Å². The number of rotatable bonds is 5. The van der Waals surface area contributed by atoms with Gasteiger partial charge in [-0.2, -0.15) is 0 Å². The number of carboxylic acid groups (broad SMARTS) is 1. The molecular formula is C15H24N2O4. The van der Waals surface area contributed by atoms with Crippen LogP contribution in [0.5, 0.6) is 0 Å². The molecule has 2 amide bonds. The number of aliphatic carboxylic acids is 1. The van der Waals surface area contributed by atoms with Gasteiger partial charge in [-0.3, -0.25) is 14.4 Å². The smallest absolute Gasteiger partial charge is 0.306 e. The van der Waals surface area contributed by atoms with Crippen molar-refractivity contribution in [3.8, 4) is 0 Å². The van der Waals surface area contributed by atoms with Crippen LogP contribution >= 0.6 is 0 Å². The standard InChI is InChI=1S/C15H24N2O4/c18-13(17-8-1-2-9-17)6-7-16-14(19)11-4-3-5-12(10-11)15(20)21/h11-12H,1-10H2,(H,16,19)(H,20,21). The number of amides is 2. The molecule has 2 atom stereocenters. The van der Waals surface area contributed by atoms with Crippen LogP contribution in [-0.4, -0.2) is 47.4 Å². The predicted octanol–water partition coefficient (Wildman–Crippen LogP) is 1.01. The minimum Gasteiger partial charge on any atom is -0.481 e. The van der Waals surface area contributed by atoms with Crippen LogP contribution in [0.3, 0.4) is 0 Å². The molecule has 0 bridgehead atoms. The van der Waals surface area contributed by atoms with E-state index >= 15 is 0 Å². The number of carbonyl (C=O) groups excluding carboxylic acids is 2. The van der Waals surface area contributed by atoms with Gasteiger partial charge >= 0.3 is 5.97 Å². The summed E-state index contributed by atoms with van der Waals surface area (Å²) in [6, 6.07) is 0. The van der Waals surface area contributed by atoms with Crippen molar-refractivity contribution in [1.82, 2.24) is 10.2 Å². The molecule has 2 N–H and O–H groups in total. The molecule has 1 saturated carbocycles. The molecule has 6 nitrogen and oxygen atoms in total. The molecule has 6 heteroatoms. The third kappa shape index (κ3) is 4.44. The summed E-state index contributed by atoms with van der Waals surface area (Å²) >= 11 is 0. The van der Waals surface area contributed by atoms with Crippen LogP contribution in [0.2, 0.25) is 0 Å². The first-order chi connectivity index (χ1) is 10.1. The zero-order chi connectivity index (χ0) is 15.2. The van der Waals surface area contributed by atoms with Gasteiger partial charge in [-0.15, -0.1) is 0 Å². The lowest BCUT2D eigenvalue weighted by Gasteiger charge is -2.25. The van der Waals surface area contributed by atoms with E-state index in [2.05, 4.69) is 5.32 Å². The fraction of sp³-hybridized carbons (Fsp3) is 0.800. The predicted molar refractivity (Wildman–Crippen MR) is 76.5 cm³/mol. The third-order valence-corrected chi connectivity index (χ3v) is 4.49. The van der Waals surface area contributed by atoms with E-state index in [1.54, 1.807) is 0 Å². The van der Waals surface area contributed by atoms with Crippen LogP contribution in [0.25, 0.3) is 0 Å². The van der Waals surface area contributed by atoms with Crippen molar-refractivity contribution in [2.75, 3.05) is 19.6 Å². The molecule has 2 fully saturated rings. The third-order valence-electron chi connectivity index (χ3n) is 4.49. The summed E-state index contributed by atoms with van der Waals surface area (Å²) in [6.07, 6.45) is 5.07. The lowest BCUT2D eigenvalue weighted by molar-refractivity contribution is -0.144. The monoisotopic (exact) mass is 296 g/mol. The van der Waals surface area contributed by atoms with Crippen molar-refractivity contribution < 1.29 is 19.5 Å². The van der Waals surface area contributed by atoms with Gasteiger partial charge in [0, 0.05) is 32.0 Å². The van der Waals surface area contributed by atoms with Crippen LogP contribution in [-0.2, 0) is 14.4 Å². The van der Waals surface area contributed by atoms with Crippen molar-refractivity contribution in [3.63, 3.8) is 0 Å². The minimum atomic E-state index is -0.809. The SMILES string of the molecule is O=C(O)C1CCCC(C(=O)NCCC(=O)N2CCCC2)C1. The summed E-state index contributed by atoms with van der Waals surface area (Å²) < 4.78 is 0. The second kappa shape index (κ2) is 7.43. The first kappa shape index (κ1) is 15.8. The van der Waals surface area contributed by atoms with Gasteiger partial charge in [-0.05, 0) is 32.1 Å². The quantitative estimate of drug-likeness (QED) is 0.792. The van der Waals surface area contributed by atoms with E-state index in [-0.39, 0.29) is 17.7 Å². The Balaban J connectivity index is 1.69. The number of nitrogens with zero attached hydrogens (tertiary/aromatic N) is 1. The molecule has 0 spiro atoms. The van der Waals surface area contributed by atoms with E-state index in [9.17, 15) is 14.4 Å². The Bertz CT molecular complexity index is 404. The van der Waals surface area contributed by atoms with Crippen molar-refractivity contribution in [2.45, 2.75) is 44.9 Å². The minimum absolute atomic E-state index is 0.0971. The van der Waals surface area contributed by atoms with Gasteiger partial charge in [0.25, 0.3) is 0 Å². The molecule has 0 aromatic rings. The highest BCUT2D eigenvalue weighted by atomic mass is 16.4. The molecule has 118 valence electrons. The largest absolute Gasteiger partial charge is 0.481 e. The Labute approximate surface area is 124 Å². The number of hydrogen-bond donors (Lipinski definition) is 2. The zero-order valence-corrected chi connectivity index (χ0v) is 12.3. The first-order valence-corrected chi connectivity index (χ1v) is 7.86. The number of hydrogen-bond acceptors (Lipinski definition) is 3. The summed E-state index contributed by atoms with van der Waals surface area (Å²) in [6.45, 7) is 2.01. The average molecular weight is 296 g/mol. The maximum absolute atomic E-state index is 12.0. The number of carboxylic acids is 1. The summed E-state index contributed by atoms with van der Waals surface area (Å²) in [5.41, 5.74) is 0. The second-order valence-electron chi connectivity index (χ2n) is 6.03. The molecule has 21 heavy (non-hydrogen) atoms. The summed E-state index contributed by atoms with van der Waals surface area (Å²) in [4.78, 5) is 36.7. The van der Waals surface area contributed by atoms with Gasteiger partial charge in [0.05, 0.1) is 5.92 Å². The highest BCUT2D eigenvalue weighted by molar-refractivity contribution is 5.81. The molecule has 2 unspecified atom stereocenters. The van der Waals surface area contributed by atoms with Crippen molar-refractivity contribution in [1.29, 1.82) is 0 Å². The fourth-order valence-corrected chi connectivity index (χ4v) is 3.21. The number of carbonyl (C=O) groups is 3. The molecule has 1 aliphatic carbocycles. The van der Waals surface area contributed by atoms with Gasteiger partial charge in [0.15, 0.2) is 0 Å². The summed E-state index contributed by atoms with van der Waals surface area (Å²) in [5.74, 6) is -1.44. The second-order valence-corrected chi connectivity index (χ2v) is 6.03. The maximum Gasteiger partial charge on any atom is 0.306 e. The zero-order valence-electron chi connectivity index (χ0n) is 12.3. The van der Waals surface area contributed by atoms with Crippen molar-refractivity contribution in [3.05, 3.63) is 0 Å².